The molecule has 0 fully saturated rings. The number of benzene rings is 1. The van der Waals surface area contributed by atoms with E-state index in [9.17, 15) is 14.0 Å². The Morgan fingerprint density at radius 2 is 1.89 bits per heavy atom. The minimum atomic E-state index is -1.50. The van der Waals surface area contributed by atoms with Gasteiger partial charge in [0.1, 0.15) is 5.82 Å². The van der Waals surface area contributed by atoms with E-state index >= 15 is 0 Å². The van der Waals surface area contributed by atoms with Crippen LogP contribution in [0.15, 0.2) is 24.3 Å². The smallest absolute Gasteiger partial charge is 0.332 e. The molecule has 1 rings (SSSR count). The van der Waals surface area contributed by atoms with Gasteiger partial charge in [-0.05, 0) is 24.3 Å². The molecule has 7 heteroatoms. The number of aliphatic hydroxyl groups excluding tert-OH is 1. The Morgan fingerprint density at radius 1 is 1.28 bits per heavy atom. The van der Waals surface area contributed by atoms with Crippen molar-refractivity contribution in [1.82, 2.24) is 5.32 Å². The molecule has 0 aliphatic heterocycles. The number of hydrogen-bond acceptors (Lipinski definition) is 3. The minimum Gasteiger partial charge on any atom is -0.479 e. The van der Waals surface area contributed by atoms with Crippen LogP contribution >= 0.6 is 0 Å². The van der Waals surface area contributed by atoms with Gasteiger partial charge in [-0.3, -0.25) is 0 Å². The minimum absolute atomic E-state index is 0.0144. The van der Waals surface area contributed by atoms with Crippen LogP contribution in [-0.4, -0.2) is 34.9 Å². The lowest BCUT2D eigenvalue weighted by Crippen LogP contribution is -2.33. The summed E-state index contributed by atoms with van der Waals surface area (Å²) in [5.74, 6) is -1.75. The first kappa shape index (κ1) is 13.9. The fraction of sp³-hybridized carbons (Fsp3) is 0.273. The van der Waals surface area contributed by atoms with Crippen molar-refractivity contribution in [3.05, 3.63) is 30.1 Å². The fourth-order valence-corrected chi connectivity index (χ4v) is 1.15. The maximum atomic E-state index is 12.6. The second-order valence-corrected chi connectivity index (χ2v) is 3.53. The molecule has 1 atom stereocenters. The van der Waals surface area contributed by atoms with Gasteiger partial charge < -0.3 is 20.8 Å². The molecule has 0 saturated heterocycles. The Bertz CT molecular complexity index is 422. The first-order valence-corrected chi connectivity index (χ1v) is 5.20. The first-order valence-electron chi connectivity index (χ1n) is 5.20. The van der Waals surface area contributed by atoms with Crippen molar-refractivity contribution >= 4 is 17.7 Å². The fourth-order valence-electron chi connectivity index (χ4n) is 1.15. The van der Waals surface area contributed by atoms with Gasteiger partial charge in [0.15, 0.2) is 6.10 Å². The Kier molecular flexibility index (Phi) is 5.06. The molecular formula is C11H13FN2O4. The van der Waals surface area contributed by atoms with Crippen LogP contribution in [0.5, 0.6) is 0 Å². The third-order valence-electron chi connectivity index (χ3n) is 2.09. The number of carbonyl (C=O) groups excluding carboxylic acids is 1. The van der Waals surface area contributed by atoms with E-state index in [1.54, 1.807) is 0 Å². The van der Waals surface area contributed by atoms with E-state index < -0.39 is 23.9 Å². The van der Waals surface area contributed by atoms with Crippen molar-refractivity contribution in [3.63, 3.8) is 0 Å². The number of aliphatic hydroxyl groups is 1. The second-order valence-electron chi connectivity index (χ2n) is 3.53. The van der Waals surface area contributed by atoms with Gasteiger partial charge in [-0.1, -0.05) is 0 Å². The quantitative estimate of drug-likeness (QED) is 0.625. The topological polar surface area (TPSA) is 98.7 Å². The van der Waals surface area contributed by atoms with Crippen molar-refractivity contribution in [2.24, 2.45) is 0 Å². The summed E-state index contributed by atoms with van der Waals surface area (Å²) in [5, 5.41) is 22.1. The molecule has 4 N–H and O–H groups in total. The SMILES string of the molecule is O=C(NCCC(O)C(=O)O)Nc1ccc(F)cc1. The number of halogens is 1. The number of carboxylic acid groups (broad SMARTS) is 1. The van der Waals surface area contributed by atoms with E-state index in [0.717, 1.165) is 0 Å². The van der Waals surface area contributed by atoms with Gasteiger partial charge in [-0.2, -0.15) is 0 Å². The molecule has 0 heterocycles. The van der Waals surface area contributed by atoms with Crippen molar-refractivity contribution in [2.75, 3.05) is 11.9 Å². The number of amides is 2. The van der Waals surface area contributed by atoms with E-state index in [4.69, 9.17) is 10.2 Å². The summed E-state index contributed by atoms with van der Waals surface area (Å²) < 4.78 is 12.6. The summed E-state index contributed by atoms with van der Waals surface area (Å²) in [7, 11) is 0. The van der Waals surface area contributed by atoms with Crippen LogP contribution in [0.3, 0.4) is 0 Å². The molecule has 1 unspecified atom stereocenters. The Labute approximate surface area is 102 Å². The Balaban J connectivity index is 2.30. The van der Waals surface area contributed by atoms with Gasteiger partial charge in [0, 0.05) is 18.7 Å². The van der Waals surface area contributed by atoms with E-state index in [2.05, 4.69) is 10.6 Å². The highest BCUT2D eigenvalue weighted by molar-refractivity contribution is 5.89. The zero-order valence-corrected chi connectivity index (χ0v) is 9.39. The van der Waals surface area contributed by atoms with Crippen LogP contribution in [0, 0.1) is 5.82 Å². The number of anilines is 1. The first-order chi connectivity index (χ1) is 8.49. The standard InChI is InChI=1S/C11H13FN2O4/c12-7-1-3-8(4-2-7)14-11(18)13-6-5-9(15)10(16)17/h1-4,9,15H,5-6H2,(H,16,17)(H2,13,14,18). The molecule has 1 aromatic rings. The number of carboxylic acids is 1. The predicted molar refractivity (Wildman–Crippen MR) is 61.7 cm³/mol. The number of hydrogen-bond donors (Lipinski definition) is 4. The van der Waals surface area contributed by atoms with Crippen molar-refractivity contribution < 1.29 is 24.2 Å². The lowest BCUT2D eigenvalue weighted by Gasteiger charge is -2.08. The zero-order valence-electron chi connectivity index (χ0n) is 9.39. The summed E-state index contributed by atoms with van der Waals surface area (Å²) in [6, 6.07) is 4.62. The highest BCUT2D eigenvalue weighted by Gasteiger charge is 2.12. The van der Waals surface area contributed by atoms with Gasteiger partial charge in [0.25, 0.3) is 0 Å². The molecule has 0 aromatic heterocycles. The molecule has 0 spiro atoms. The lowest BCUT2D eigenvalue weighted by atomic mass is 10.2. The normalized spacial score (nSPS) is 11.7. The third kappa shape index (κ3) is 4.79. The number of rotatable bonds is 5. The molecule has 0 radical (unpaired) electrons. The van der Waals surface area contributed by atoms with Crippen molar-refractivity contribution in [3.8, 4) is 0 Å². The summed E-state index contributed by atoms with van der Waals surface area (Å²) in [4.78, 5) is 21.6. The number of urea groups is 1. The molecule has 0 bridgehead atoms. The third-order valence-corrected chi connectivity index (χ3v) is 2.09. The Hall–Kier alpha value is -2.15. The number of nitrogens with one attached hydrogen (secondary N) is 2. The van der Waals surface area contributed by atoms with Crippen LogP contribution in [0.2, 0.25) is 0 Å². The summed E-state index contributed by atoms with van der Waals surface area (Å²) in [6.45, 7) is 0.0144. The summed E-state index contributed by atoms with van der Waals surface area (Å²) in [6.07, 6.45) is -1.59. The molecule has 1 aromatic carbocycles. The average Bonchev–Trinajstić information content (AvgIpc) is 2.32. The maximum Gasteiger partial charge on any atom is 0.332 e. The molecule has 18 heavy (non-hydrogen) atoms. The van der Waals surface area contributed by atoms with Gasteiger partial charge >= 0.3 is 12.0 Å². The van der Waals surface area contributed by atoms with Crippen LogP contribution in [0.25, 0.3) is 0 Å². The van der Waals surface area contributed by atoms with E-state index in [1.165, 1.54) is 24.3 Å². The van der Waals surface area contributed by atoms with Crippen molar-refractivity contribution in [1.29, 1.82) is 0 Å². The number of aliphatic carboxylic acids is 1. The number of carbonyl (C=O) groups is 2. The monoisotopic (exact) mass is 256 g/mol. The van der Waals surface area contributed by atoms with Crippen LogP contribution in [0.1, 0.15) is 6.42 Å². The van der Waals surface area contributed by atoms with Gasteiger partial charge in [-0.15, -0.1) is 0 Å². The average molecular weight is 256 g/mol. The second kappa shape index (κ2) is 6.55. The van der Waals surface area contributed by atoms with Gasteiger partial charge in [0.2, 0.25) is 0 Å². The zero-order chi connectivity index (χ0) is 13.5. The molecule has 6 nitrogen and oxygen atoms in total. The molecule has 98 valence electrons. The van der Waals surface area contributed by atoms with Gasteiger partial charge in [0.05, 0.1) is 0 Å². The van der Waals surface area contributed by atoms with Crippen LogP contribution in [-0.2, 0) is 4.79 Å². The highest BCUT2D eigenvalue weighted by Crippen LogP contribution is 2.07. The van der Waals surface area contributed by atoms with E-state index in [-0.39, 0.29) is 13.0 Å². The Morgan fingerprint density at radius 3 is 2.44 bits per heavy atom. The summed E-state index contributed by atoms with van der Waals surface area (Å²) >= 11 is 0. The van der Waals surface area contributed by atoms with Gasteiger partial charge in [-0.25, -0.2) is 14.0 Å². The molecule has 2 amide bonds. The van der Waals surface area contributed by atoms with E-state index in [0.29, 0.717) is 5.69 Å². The predicted octanol–water partition coefficient (Wildman–Crippen LogP) is 0.783. The molecular weight excluding hydrogens is 243 g/mol. The largest absolute Gasteiger partial charge is 0.479 e. The molecule has 0 aliphatic carbocycles. The van der Waals surface area contributed by atoms with Crippen LogP contribution < -0.4 is 10.6 Å². The van der Waals surface area contributed by atoms with E-state index in [1.807, 2.05) is 0 Å². The summed E-state index contributed by atoms with van der Waals surface area (Å²) in [5.41, 5.74) is 0.410. The molecule has 0 saturated carbocycles. The highest BCUT2D eigenvalue weighted by atomic mass is 19.1. The maximum absolute atomic E-state index is 12.6. The van der Waals surface area contributed by atoms with Crippen molar-refractivity contribution in [2.45, 2.75) is 12.5 Å². The molecule has 0 aliphatic rings. The van der Waals surface area contributed by atoms with Crippen LogP contribution in [0.4, 0.5) is 14.9 Å². The lowest BCUT2D eigenvalue weighted by molar-refractivity contribution is -0.146.